The summed E-state index contributed by atoms with van der Waals surface area (Å²) in [6.07, 6.45) is 2.18. The minimum absolute atomic E-state index is 0.120. The van der Waals surface area contributed by atoms with E-state index in [-0.39, 0.29) is 5.75 Å². The lowest BCUT2D eigenvalue weighted by atomic mass is 10.3. The van der Waals surface area contributed by atoms with E-state index in [9.17, 15) is 8.42 Å². The van der Waals surface area contributed by atoms with Gasteiger partial charge in [0.1, 0.15) is 0 Å². The predicted molar refractivity (Wildman–Crippen MR) is 64.9 cm³/mol. The predicted octanol–water partition coefficient (Wildman–Crippen LogP) is 0.741. The lowest BCUT2D eigenvalue weighted by molar-refractivity contribution is 0.597. The van der Waals surface area contributed by atoms with Gasteiger partial charge < -0.3 is 5.32 Å². The van der Waals surface area contributed by atoms with Gasteiger partial charge in [0.25, 0.3) is 0 Å². The van der Waals surface area contributed by atoms with Gasteiger partial charge in [0.05, 0.1) is 11.4 Å². The van der Waals surface area contributed by atoms with Crippen molar-refractivity contribution in [2.45, 2.75) is 13.3 Å². The average Bonchev–Trinajstić information content (AvgIpc) is 2.17. The SMILES string of the molecule is CNCCCS(=O)(=O)Nc1ccnc(C)c1. The molecule has 0 bridgehead atoms. The maximum atomic E-state index is 11.6. The fourth-order valence-electron chi connectivity index (χ4n) is 1.28. The highest BCUT2D eigenvalue weighted by molar-refractivity contribution is 7.92. The number of sulfonamides is 1. The van der Waals surface area contributed by atoms with Crippen molar-refractivity contribution >= 4 is 15.7 Å². The smallest absolute Gasteiger partial charge is 0.232 e. The Morgan fingerprint density at radius 1 is 1.44 bits per heavy atom. The maximum absolute atomic E-state index is 11.6. The van der Waals surface area contributed by atoms with Crippen molar-refractivity contribution in [3.63, 3.8) is 0 Å². The van der Waals surface area contributed by atoms with Gasteiger partial charge in [-0.2, -0.15) is 0 Å². The lowest BCUT2D eigenvalue weighted by Crippen LogP contribution is -2.20. The quantitative estimate of drug-likeness (QED) is 0.723. The van der Waals surface area contributed by atoms with E-state index in [4.69, 9.17) is 0 Å². The molecule has 1 aromatic heterocycles. The molecule has 0 amide bonds. The molecule has 0 aliphatic rings. The van der Waals surface area contributed by atoms with Gasteiger partial charge in [-0.05, 0) is 39.1 Å². The Labute approximate surface area is 96.3 Å². The van der Waals surface area contributed by atoms with Crippen molar-refractivity contribution in [1.82, 2.24) is 10.3 Å². The molecule has 0 aliphatic carbocycles. The average molecular weight is 243 g/mol. The van der Waals surface area contributed by atoms with Gasteiger partial charge in [-0.1, -0.05) is 0 Å². The molecule has 2 N–H and O–H groups in total. The first-order valence-electron chi connectivity index (χ1n) is 5.11. The Bertz CT molecular complexity index is 431. The van der Waals surface area contributed by atoms with Crippen LogP contribution in [0.15, 0.2) is 18.3 Å². The summed E-state index contributed by atoms with van der Waals surface area (Å²) in [5, 5.41) is 2.91. The topological polar surface area (TPSA) is 71.1 Å². The second kappa shape index (κ2) is 5.81. The molecular formula is C10H17N3O2S. The standard InChI is InChI=1S/C10H17N3O2S/c1-9-8-10(4-6-12-9)13-16(14,15)7-3-5-11-2/h4,6,8,11H,3,5,7H2,1-2H3,(H,12,13). The van der Waals surface area contributed by atoms with E-state index in [0.29, 0.717) is 18.7 Å². The number of anilines is 1. The maximum Gasteiger partial charge on any atom is 0.232 e. The lowest BCUT2D eigenvalue weighted by Gasteiger charge is -2.07. The first-order valence-corrected chi connectivity index (χ1v) is 6.76. The Balaban J connectivity index is 2.59. The molecule has 1 heterocycles. The fourth-order valence-corrected chi connectivity index (χ4v) is 2.39. The van der Waals surface area contributed by atoms with Crippen molar-refractivity contribution in [2.24, 2.45) is 0 Å². The second-order valence-electron chi connectivity index (χ2n) is 3.56. The van der Waals surface area contributed by atoms with E-state index >= 15 is 0 Å². The molecule has 16 heavy (non-hydrogen) atoms. The zero-order chi connectivity index (χ0) is 12.0. The Hall–Kier alpha value is -1.14. The minimum atomic E-state index is -3.24. The van der Waals surface area contributed by atoms with Crippen LogP contribution in [0.3, 0.4) is 0 Å². The van der Waals surface area contributed by atoms with E-state index in [2.05, 4.69) is 15.0 Å². The van der Waals surface area contributed by atoms with Gasteiger partial charge in [-0.25, -0.2) is 8.42 Å². The molecule has 0 aromatic carbocycles. The number of rotatable bonds is 6. The van der Waals surface area contributed by atoms with Crippen LogP contribution in [0.1, 0.15) is 12.1 Å². The van der Waals surface area contributed by atoms with E-state index in [1.54, 1.807) is 25.4 Å². The van der Waals surface area contributed by atoms with E-state index in [0.717, 1.165) is 5.69 Å². The molecule has 6 heteroatoms. The van der Waals surface area contributed by atoms with Gasteiger partial charge in [0.15, 0.2) is 0 Å². The normalized spacial score (nSPS) is 11.4. The number of hydrogen-bond donors (Lipinski definition) is 2. The monoisotopic (exact) mass is 243 g/mol. The van der Waals surface area contributed by atoms with Crippen LogP contribution in [0.5, 0.6) is 0 Å². The Morgan fingerprint density at radius 2 is 2.19 bits per heavy atom. The third kappa shape index (κ3) is 4.59. The summed E-state index contributed by atoms with van der Waals surface area (Å²) >= 11 is 0. The van der Waals surface area contributed by atoms with Gasteiger partial charge in [-0.3, -0.25) is 9.71 Å². The summed E-state index contributed by atoms with van der Waals surface area (Å²) in [5.41, 5.74) is 1.35. The Kier molecular flexibility index (Phi) is 4.70. The summed E-state index contributed by atoms with van der Waals surface area (Å²) in [7, 11) is -1.44. The molecule has 1 aromatic rings. The van der Waals surface area contributed by atoms with Crippen molar-refractivity contribution in [2.75, 3.05) is 24.1 Å². The third-order valence-corrected chi connectivity index (χ3v) is 3.38. The number of aromatic nitrogens is 1. The second-order valence-corrected chi connectivity index (χ2v) is 5.41. The highest BCUT2D eigenvalue weighted by atomic mass is 32.2. The summed E-state index contributed by atoms with van der Waals surface area (Å²) in [4.78, 5) is 4.00. The van der Waals surface area contributed by atoms with E-state index in [1.165, 1.54) is 0 Å². The highest BCUT2D eigenvalue weighted by Gasteiger charge is 2.09. The molecule has 0 saturated heterocycles. The largest absolute Gasteiger partial charge is 0.320 e. The molecule has 90 valence electrons. The molecule has 0 spiro atoms. The van der Waals surface area contributed by atoms with E-state index < -0.39 is 10.0 Å². The first kappa shape index (κ1) is 12.9. The molecule has 0 radical (unpaired) electrons. The van der Waals surface area contributed by atoms with Crippen LogP contribution in [-0.2, 0) is 10.0 Å². The van der Waals surface area contributed by atoms with Crippen molar-refractivity contribution in [1.29, 1.82) is 0 Å². The van der Waals surface area contributed by atoms with Crippen LogP contribution in [0, 0.1) is 6.92 Å². The fraction of sp³-hybridized carbons (Fsp3) is 0.500. The van der Waals surface area contributed by atoms with Gasteiger partial charge in [0.2, 0.25) is 10.0 Å². The van der Waals surface area contributed by atoms with Crippen LogP contribution in [0.2, 0.25) is 0 Å². The van der Waals surface area contributed by atoms with Crippen molar-refractivity contribution < 1.29 is 8.42 Å². The molecule has 0 aliphatic heterocycles. The van der Waals surface area contributed by atoms with Crippen LogP contribution in [0.25, 0.3) is 0 Å². The van der Waals surface area contributed by atoms with Crippen LogP contribution >= 0.6 is 0 Å². The van der Waals surface area contributed by atoms with Crippen molar-refractivity contribution in [3.05, 3.63) is 24.0 Å². The molecular weight excluding hydrogens is 226 g/mol. The zero-order valence-electron chi connectivity index (χ0n) is 9.53. The number of aryl methyl sites for hydroxylation is 1. The third-order valence-electron chi connectivity index (χ3n) is 2.01. The highest BCUT2D eigenvalue weighted by Crippen LogP contribution is 2.09. The Morgan fingerprint density at radius 3 is 2.81 bits per heavy atom. The summed E-state index contributed by atoms with van der Waals surface area (Å²) in [6.45, 7) is 2.51. The van der Waals surface area contributed by atoms with Crippen LogP contribution in [0.4, 0.5) is 5.69 Å². The molecule has 5 nitrogen and oxygen atoms in total. The van der Waals surface area contributed by atoms with Crippen LogP contribution < -0.4 is 10.0 Å². The summed E-state index contributed by atoms with van der Waals surface area (Å²) < 4.78 is 25.8. The number of nitrogens with zero attached hydrogens (tertiary/aromatic N) is 1. The van der Waals surface area contributed by atoms with Gasteiger partial charge in [0, 0.05) is 11.9 Å². The molecule has 1 rings (SSSR count). The zero-order valence-corrected chi connectivity index (χ0v) is 10.3. The summed E-state index contributed by atoms with van der Waals surface area (Å²) in [6, 6.07) is 3.35. The minimum Gasteiger partial charge on any atom is -0.320 e. The number of pyridine rings is 1. The van der Waals surface area contributed by atoms with Crippen molar-refractivity contribution in [3.8, 4) is 0 Å². The van der Waals surface area contributed by atoms with E-state index in [1.807, 2.05) is 6.92 Å². The number of hydrogen-bond acceptors (Lipinski definition) is 4. The first-order chi connectivity index (χ1) is 7.53. The molecule has 0 fully saturated rings. The number of nitrogens with one attached hydrogen (secondary N) is 2. The molecule has 0 saturated carbocycles. The van der Waals surface area contributed by atoms with Gasteiger partial charge in [-0.15, -0.1) is 0 Å². The van der Waals surface area contributed by atoms with Crippen LogP contribution in [-0.4, -0.2) is 32.7 Å². The summed E-state index contributed by atoms with van der Waals surface area (Å²) in [5.74, 6) is 0.120. The molecule has 0 atom stereocenters. The molecule has 0 unspecified atom stereocenters. The van der Waals surface area contributed by atoms with Gasteiger partial charge >= 0.3 is 0 Å².